The van der Waals surface area contributed by atoms with E-state index >= 15 is 0 Å². The first-order valence-electron chi connectivity index (χ1n) is 6.51. The molecule has 20 heavy (non-hydrogen) atoms. The van der Waals surface area contributed by atoms with E-state index in [4.69, 9.17) is 17.0 Å². The maximum atomic E-state index is 5.88. The molecular formula is C16H14BrNOS. The number of thiocarbonyl (C=S) groups is 1. The predicted molar refractivity (Wildman–Crippen MR) is 89.5 cm³/mol. The van der Waals surface area contributed by atoms with Gasteiger partial charge >= 0.3 is 0 Å². The first-order chi connectivity index (χ1) is 9.72. The van der Waals surface area contributed by atoms with Crippen LogP contribution in [-0.4, -0.2) is 4.99 Å². The number of rotatable bonds is 3. The summed E-state index contributed by atoms with van der Waals surface area (Å²) >= 11 is 8.73. The Labute approximate surface area is 132 Å². The minimum absolute atomic E-state index is 0.562. The van der Waals surface area contributed by atoms with Crippen molar-refractivity contribution in [1.82, 2.24) is 0 Å². The van der Waals surface area contributed by atoms with Crippen molar-refractivity contribution in [3.05, 3.63) is 58.1 Å². The number of nitrogens with one attached hydrogen (secondary N) is 1. The highest BCUT2D eigenvalue weighted by atomic mass is 79.9. The second-order valence-electron chi connectivity index (χ2n) is 4.75. The molecule has 1 heterocycles. The average Bonchev–Trinajstić information content (AvgIpc) is 2.46. The summed E-state index contributed by atoms with van der Waals surface area (Å²) in [6.07, 6.45) is 1.89. The zero-order valence-electron chi connectivity index (χ0n) is 10.9. The van der Waals surface area contributed by atoms with Gasteiger partial charge < -0.3 is 10.1 Å². The van der Waals surface area contributed by atoms with Gasteiger partial charge in [0.05, 0.1) is 4.99 Å². The zero-order chi connectivity index (χ0) is 13.9. The number of benzene rings is 2. The topological polar surface area (TPSA) is 21.3 Å². The molecule has 0 unspecified atom stereocenters. The Morgan fingerprint density at radius 1 is 1.15 bits per heavy atom. The van der Waals surface area contributed by atoms with Crippen molar-refractivity contribution in [2.75, 3.05) is 5.32 Å². The molecule has 0 fully saturated rings. The summed E-state index contributed by atoms with van der Waals surface area (Å²) in [5.41, 5.74) is 3.52. The van der Waals surface area contributed by atoms with Gasteiger partial charge in [-0.3, -0.25) is 0 Å². The summed E-state index contributed by atoms with van der Waals surface area (Å²) in [6.45, 7) is 0.562. The molecule has 2 aromatic rings. The first kappa shape index (κ1) is 13.6. The van der Waals surface area contributed by atoms with Crippen molar-refractivity contribution in [2.45, 2.75) is 19.4 Å². The standard InChI is InChI=1S/C16H14BrNOS/c17-14-4-2-1-3-12(14)10-19-13-6-7-15-11(9-13)5-8-16(20)18-15/h1-4,6-7,9H,5,8,10H2,(H,18,20). The molecule has 0 aromatic heterocycles. The van der Waals surface area contributed by atoms with E-state index in [0.717, 1.165) is 39.3 Å². The fourth-order valence-corrected chi connectivity index (χ4v) is 2.84. The van der Waals surface area contributed by atoms with Gasteiger partial charge in [-0.2, -0.15) is 0 Å². The Morgan fingerprint density at radius 2 is 2.00 bits per heavy atom. The van der Waals surface area contributed by atoms with Crippen LogP contribution in [0.2, 0.25) is 0 Å². The Bertz CT molecular complexity index is 657. The third kappa shape index (κ3) is 3.02. The van der Waals surface area contributed by atoms with Crippen LogP contribution >= 0.6 is 28.1 Å². The molecule has 2 nitrogen and oxygen atoms in total. The van der Waals surface area contributed by atoms with E-state index in [1.807, 2.05) is 30.3 Å². The third-order valence-electron chi connectivity index (χ3n) is 3.32. The van der Waals surface area contributed by atoms with Crippen LogP contribution in [-0.2, 0) is 13.0 Å². The smallest absolute Gasteiger partial charge is 0.120 e. The van der Waals surface area contributed by atoms with E-state index in [1.165, 1.54) is 5.56 Å². The van der Waals surface area contributed by atoms with Gasteiger partial charge in [-0.15, -0.1) is 0 Å². The summed E-state index contributed by atoms with van der Waals surface area (Å²) in [6, 6.07) is 14.2. The van der Waals surface area contributed by atoms with E-state index in [2.05, 4.69) is 33.4 Å². The fraction of sp³-hybridized carbons (Fsp3) is 0.188. The SMILES string of the molecule is S=C1CCc2cc(OCc3ccccc3Br)ccc2N1. The van der Waals surface area contributed by atoms with Crippen molar-refractivity contribution < 1.29 is 4.74 Å². The molecule has 1 aliphatic heterocycles. The molecule has 0 saturated carbocycles. The van der Waals surface area contributed by atoms with E-state index in [0.29, 0.717) is 6.61 Å². The van der Waals surface area contributed by atoms with Gasteiger partial charge in [0.2, 0.25) is 0 Å². The lowest BCUT2D eigenvalue weighted by atomic mass is 10.0. The lowest BCUT2D eigenvalue weighted by molar-refractivity contribution is 0.305. The normalized spacial score (nSPS) is 13.6. The molecule has 1 N–H and O–H groups in total. The molecule has 3 rings (SSSR count). The quantitative estimate of drug-likeness (QED) is 0.812. The summed E-state index contributed by atoms with van der Waals surface area (Å²) in [5, 5.41) is 3.24. The monoisotopic (exact) mass is 347 g/mol. The molecule has 1 aliphatic rings. The third-order valence-corrected chi connectivity index (χ3v) is 4.40. The minimum atomic E-state index is 0.562. The molecular weight excluding hydrogens is 334 g/mol. The van der Waals surface area contributed by atoms with Gasteiger partial charge in [0.25, 0.3) is 0 Å². The number of ether oxygens (including phenoxy) is 1. The highest BCUT2D eigenvalue weighted by Crippen LogP contribution is 2.28. The molecule has 0 spiro atoms. The Kier molecular flexibility index (Phi) is 4.03. The number of halogens is 1. The Hall–Kier alpha value is -1.39. The summed E-state index contributed by atoms with van der Waals surface area (Å²) in [4.78, 5) is 0.916. The molecule has 0 saturated heterocycles. The molecule has 0 amide bonds. The van der Waals surface area contributed by atoms with E-state index in [9.17, 15) is 0 Å². The minimum Gasteiger partial charge on any atom is -0.489 e. The highest BCUT2D eigenvalue weighted by molar-refractivity contribution is 9.10. The van der Waals surface area contributed by atoms with E-state index in [-0.39, 0.29) is 0 Å². The lowest BCUT2D eigenvalue weighted by Crippen LogP contribution is -2.17. The van der Waals surface area contributed by atoms with Crippen molar-refractivity contribution >= 4 is 38.8 Å². The lowest BCUT2D eigenvalue weighted by Gasteiger charge is -2.19. The van der Waals surface area contributed by atoms with Gasteiger partial charge in [0, 0.05) is 22.1 Å². The van der Waals surface area contributed by atoms with Crippen molar-refractivity contribution in [3.8, 4) is 5.75 Å². The van der Waals surface area contributed by atoms with E-state index in [1.54, 1.807) is 0 Å². The van der Waals surface area contributed by atoms with Crippen LogP contribution in [0, 0.1) is 0 Å². The Morgan fingerprint density at radius 3 is 2.85 bits per heavy atom. The van der Waals surface area contributed by atoms with Crippen LogP contribution in [0.1, 0.15) is 17.5 Å². The molecule has 0 bridgehead atoms. The second kappa shape index (κ2) is 5.94. The van der Waals surface area contributed by atoms with Crippen molar-refractivity contribution in [2.24, 2.45) is 0 Å². The molecule has 4 heteroatoms. The van der Waals surface area contributed by atoms with Crippen LogP contribution in [0.15, 0.2) is 46.9 Å². The van der Waals surface area contributed by atoms with Crippen LogP contribution < -0.4 is 10.1 Å². The largest absolute Gasteiger partial charge is 0.489 e. The van der Waals surface area contributed by atoms with Gasteiger partial charge in [0.15, 0.2) is 0 Å². The van der Waals surface area contributed by atoms with Crippen LogP contribution in [0.5, 0.6) is 5.75 Å². The predicted octanol–water partition coefficient (Wildman–Crippen LogP) is 4.71. The van der Waals surface area contributed by atoms with Crippen LogP contribution in [0.25, 0.3) is 0 Å². The molecule has 0 atom stereocenters. The van der Waals surface area contributed by atoms with Gasteiger partial charge in [-0.25, -0.2) is 0 Å². The first-order valence-corrected chi connectivity index (χ1v) is 7.71. The summed E-state index contributed by atoms with van der Waals surface area (Å²) < 4.78 is 6.95. The number of aryl methyl sites for hydroxylation is 1. The zero-order valence-corrected chi connectivity index (χ0v) is 13.3. The maximum absolute atomic E-state index is 5.88. The molecule has 102 valence electrons. The molecule has 2 aromatic carbocycles. The number of hydrogen-bond acceptors (Lipinski definition) is 2. The fourth-order valence-electron chi connectivity index (χ4n) is 2.23. The Balaban J connectivity index is 1.73. The number of hydrogen-bond donors (Lipinski definition) is 1. The molecule has 0 radical (unpaired) electrons. The second-order valence-corrected chi connectivity index (χ2v) is 6.09. The summed E-state index contributed by atoms with van der Waals surface area (Å²) in [5.74, 6) is 0.897. The van der Waals surface area contributed by atoms with Gasteiger partial charge in [0.1, 0.15) is 12.4 Å². The molecule has 0 aliphatic carbocycles. The maximum Gasteiger partial charge on any atom is 0.120 e. The van der Waals surface area contributed by atoms with Crippen molar-refractivity contribution in [1.29, 1.82) is 0 Å². The number of fused-ring (bicyclic) bond motifs is 1. The highest BCUT2D eigenvalue weighted by Gasteiger charge is 2.12. The summed E-state index contributed by atoms with van der Waals surface area (Å²) in [7, 11) is 0. The van der Waals surface area contributed by atoms with E-state index < -0.39 is 0 Å². The van der Waals surface area contributed by atoms with Gasteiger partial charge in [-0.05, 0) is 36.2 Å². The average molecular weight is 348 g/mol. The van der Waals surface area contributed by atoms with Crippen LogP contribution in [0.3, 0.4) is 0 Å². The van der Waals surface area contributed by atoms with Crippen LogP contribution in [0.4, 0.5) is 5.69 Å². The number of anilines is 1. The van der Waals surface area contributed by atoms with Crippen molar-refractivity contribution in [3.63, 3.8) is 0 Å². The van der Waals surface area contributed by atoms with Gasteiger partial charge in [-0.1, -0.05) is 46.3 Å².